The molecule has 0 saturated carbocycles. The van der Waals surface area contributed by atoms with Crippen molar-refractivity contribution >= 4 is 46.0 Å². The number of ether oxygens (including phenoxy) is 2. The number of nitrogens with zero attached hydrogens (tertiary/aromatic N) is 1. The van der Waals surface area contributed by atoms with Gasteiger partial charge >= 0.3 is 0 Å². The van der Waals surface area contributed by atoms with Crippen molar-refractivity contribution in [3.63, 3.8) is 0 Å². The first kappa shape index (κ1) is 18.3. The van der Waals surface area contributed by atoms with Gasteiger partial charge in [0.1, 0.15) is 0 Å². The third-order valence-corrected chi connectivity index (χ3v) is 4.96. The molecule has 1 heterocycles. The molecule has 3 rings (SSSR count). The lowest BCUT2D eigenvalue weighted by Gasteiger charge is -2.14. The molecule has 0 spiro atoms. The van der Waals surface area contributed by atoms with E-state index in [0.717, 1.165) is 23.9 Å². The first-order chi connectivity index (χ1) is 12.4. The van der Waals surface area contributed by atoms with Crippen molar-refractivity contribution in [3.8, 4) is 11.5 Å². The van der Waals surface area contributed by atoms with Gasteiger partial charge in [-0.25, -0.2) is 8.78 Å². The van der Waals surface area contributed by atoms with Crippen molar-refractivity contribution in [1.82, 2.24) is 0 Å². The number of carbonyl (C=O) groups is 1. The lowest BCUT2D eigenvalue weighted by atomic mass is 10.2. The number of rotatable bonds is 4. The molecule has 0 radical (unpaired) electrons. The van der Waals surface area contributed by atoms with Gasteiger partial charge in [0.05, 0.1) is 24.8 Å². The molecule has 1 aliphatic heterocycles. The molecule has 0 aromatic heterocycles. The Morgan fingerprint density at radius 3 is 2.42 bits per heavy atom. The highest BCUT2D eigenvalue weighted by Gasteiger charge is 2.33. The van der Waals surface area contributed by atoms with E-state index in [1.54, 1.807) is 24.3 Å². The number of hydrogen-bond donors (Lipinski definition) is 0. The molecule has 0 bridgehead atoms. The molecule has 1 saturated heterocycles. The fourth-order valence-corrected chi connectivity index (χ4v) is 3.71. The van der Waals surface area contributed by atoms with Crippen LogP contribution in [0.5, 0.6) is 11.5 Å². The summed E-state index contributed by atoms with van der Waals surface area (Å²) in [4.78, 5) is 14.2. The van der Waals surface area contributed by atoms with Crippen LogP contribution in [0.2, 0.25) is 0 Å². The minimum absolute atomic E-state index is 0.183. The maximum atomic E-state index is 13.5. The topological polar surface area (TPSA) is 38.8 Å². The van der Waals surface area contributed by atoms with Crippen molar-refractivity contribution in [2.45, 2.75) is 0 Å². The van der Waals surface area contributed by atoms with Crippen molar-refractivity contribution in [2.24, 2.45) is 0 Å². The quantitative estimate of drug-likeness (QED) is 0.569. The molecular formula is C18H13F2NO3S2. The zero-order chi connectivity index (χ0) is 18.8. The maximum absolute atomic E-state index is 13.5. The van der Waals surface area contributed by atoms with Gasteiger partial charge in [-0.2, -0.15) is 0 Å². The average molecular weight is 393 g/mol. The highest BCUT2D eigenvalue weighted by molar-refractivity contribution is 8.27. The van der Waals surface area contributed by atoms with E-state index < -0.39 is 17.5 Å². The predicted molar refractivity (Wildman–Crippen MR) is 102 cm³/mol. The van der Waals surface area contributed by atoms with E-state index in [1.807, 2.05) is 0 Å². The summed E-state index contributed by atoms with van der Waals surface area (Å²) in [7, 11) is 3.05. The normalized spacial score (nSPS) is 15.7. The number of hydrogen-bond acceptors (Lipinski definition) is 5. The number of halogens is 2. The third kappa shape index (κ3) is 3.42. The van der Waals surface area contributed by atoms with E-state index in [4.69, 9.17) is 21.7 Å². The molecule has 134 valence electrons. The number of methoxy groups -OCH3 is 2. The summed E-state index contributed by atoms with van der Waals surface area (Å²) in [5.74, 6) is -1.34. The van der Waals surface area contributed by atoms with Crippen LogP contribution in [0.3, 0.4) is 0 Å². The zero-order valence-electron chi connectivity index (χ0n) is 13.8. The Bertz CT molecular complexity index is 931. The molecular weight excluding hydrogens is 380 g/mol. The van der Waals surface area contributed by atoms with E-state index >= 15 is 0 Å². The molecule has 2 aromatic carbocycles. The van der Waals surface area contributed by atoms with Crippen LogP contribution < -0.4 is 14.4 Å². The second-order valence-electron chi connectivity index (χ2n) is 5.23. The summed E-state index contributed by atoms with van der Waals surface area (Å²) in [6.07, 6.45) is 1.65. The summed E-state index contributed by atoms with van der Waals surface area (Å²) in [6, 6.07) is 8.43. The summed E-state index contributed by atoms with van der Waals surface area (Å²) in [5.41, 5.74) is 0.899. The number of anilines is 1. The largest absolute Gasteiger partial charge is 0.493 e. The highest BCUT2D eigenvalue weighted by Crippen LogP contribution is 2.37. The number of thiocarbonyl (C=S) groups is 1. The van der Waals surface area contributed by atoms with Gasteiger partial charge in [-0.15, -0.1) is 0 Å². The Labute approximate surface area is 158 Å². The Morgan fingerprint density at radius 1 is 1.04 bits per heavy atom. The summed E-state index contributed by atoms with van der Waals surface area (Å²) < 4.78 is 37.3. The second-order valence-corrected chi connectivity index (χ2v) is 6.91. The van der Waals surface area contributed by atoms with Gasteiger partial charge in [0.2, 0.25) is 0 Å². The van der Waals surface area contributed by atoms with E-state index in [9.17, 15) is 13.6 Å². The predicted octanol–water partition coefficient (Wildman–Crippen LogP) is 4.39. The fourth-order valence-electron chi connectivity index (χ4n) is 2.41. The average Bonchev–Trinajstić information content (AvgIpc) is 2.91. The number of thioether (sulfide) groups is 1. The molecule has 2 aromatic rings. The molecule has 1 fully saturated rings. The Morgan fingerprint density at radius 2 is 1.77 bits per heavy atom. The standard InChI is InChI=1S/C18H13F2NO3S2/c1-23-14-6-3-10(7-15(14)24-2)8-16-17(22)21(18(25)26-16)11-4-5-12(19)13(20)9-11/h3-9H,1-2H3. The fraction of sp³-hybridized carbons (Fsp3) is 0.111. The zero-order valence-corrected chi connectivity index (χ0v) is 15.4. The van der Waals surface area contributed by atoms with Crippen LogP contribution in [-0.2, 0) is 4.79 Å². The molecule has 8 heteroatoms. The molecule has 0 unspecified atom stereocenters. The van der Waals surface area contributed by atoms with Crippen LogP contribution in [0, 0.1) is 11.6 Å². The summed E-state index contributed by atoms with van der Waals surface area (Å²) in [5, 5.41) is 0. The number of amides is 1. The lowest BCUT2D eigenvalue weighted by Crippen LogP contribution is -2.27. The Balaban J connectivity index is 1.93. The van der Waals surface area contributed by atoms with Gasteiger partial charge in [0.15, 0.2) is 27.5 Å². The minimum Gasteiger partial charge on any atom is -0.493 e. The Hall–Kier alpha value is -2.45. The smallest absolute Gasteiger partial charge is 0.270 e. The summed E-state index contributed by atoms with van der Waals surface area (Å²) >= 11 is 6.31. The van der Waals surface area contributed by atoms with Crippen LogP contribution in [0.25, 0.3) is 6.08 Å². The monoisotopic (exact) mass is 393 g/mol. The third-order valence-electron chi connectivity index (χ3n) is 3.66. The summed E-state index contributed by atoms with van der Waals surface area (Å²) in [6.45, 7) is 0. The van der Waals surface area contributed by atoms with Crippen LogP contribution in [0.15, 0.2) is 41.3 Å². The molecule has 1 aliphatic rings. The number of benzene rings is 2. The first-order valence-electron chi connectivity index (χ1n) is 7.39. The van der Waals surface area contributed by atoms with Crippen LogP contribution >= 0.6 is 24.0 Å². The molecule has 0 N–H and O–H groups in total. The second kappa shape index (κ2) is 7.43. The van der Waals surface area contributed by atoms with E-state index in [-0.39, 0.29) is 10.0 Å². The Kier molecular flexibility index (Phi) is 5.24. The van der Waals surface area contributed by atoms with Gasteiger partial charge in [-0.1, -0.05) is 30.0 Å². The van der Waals surface area contributed by atoms with Gasteiger partial charge in [0.25, 0.3) is 5.91 Å². The minimum atomic E-state index is -1.04. The molecule has 26 heavy (non-hydrogen) atoms. The first-order valence-corrected chi connectivity index (χ1v) is 8.62. The molecule has 0 aliphatic carbocycles. The van der Waals surface area contributed by atoms with E-state index in [0.29, 0.717) is 22.0 Å². The molecule has 1 amide bonds. The van der Waals surface area contributed by atoms with Gasteiger partial charge < -0.3 is 9.47 Å². The van der Waals surface area contributed by atoms with E-state index in [1.165, 1.54) is 25.2 Å². The maximum Gasteiger partial charge on any atom is 0.270 e. The van der Waals surface area contributed by atoms with Crippen LogP contribution in [0.1, 0.15) is 5.56 Å². The van der Waals surface area contributed by atoms with Gasteiger partial charge in [-0.05, 0) is 35.9 Å². The van der Waals surface area contributed by atoms with Gasteiger partial charge in [0, 0.05) is 6.07 Å². The number of carbonyl (C=O) groups excluding carboxylic acids is 1. The molecule has 0 atom stereocenters. The SMILES string of the molecule is COc1ccc(C=C2SC(=S)N(c3ccc(F)c(F)c3)C2=O)cc1OC. The van der Waals surface area contributed by atoms with Crippen molar-refractivity contribution in [1.29, 1.82) is 0 Å². The van der Waals surface area contributed by atoms with E-state index in [2.05, 4.69) is 0 Å². The lowest BCUT2D eigenvalue weighted by molar-refractivity contribution is -0.113. The van der Waals surface area contributed by atoms with Crippen LogP contribution in [0.4, 0.5) is 14.5 Å². The molecule has 4 nitrogen and oxygen atoms in total. The van der Waals surface area contributed by atoms with Crippen molar-refractivity contribution in [3.05, 3.63) is 58.5 Å². The van der Waals surface area contributed by atoms with Gasteiger partial charge in [-0.3, -0.25) is 9.69 Å². The highest BCUT2D eigenvalue weighted by atomic mass is 32.2. The van der Waals surface area contributed by atoms with Crippen molar-refractivity contribution < 1.29 is 23.0 Å². The van der Waals surface area contributed by atoms with Crippen molar-refractivity contribution in [2.75, 3.05) is 19.1 Å². The van der Waals surface area contributed by atoms with Crippen LogP contribution in [-0.4, -0.2) is 24.4 Å².